The van der Waals surface area contributed by atoms with Crippen molar-refractivity contribution in [3.63, 3.8) is 0 Å². The van der Waals surface area contributed by atoms with Crippen molar-refractivity contribution in [1.82, 2.24) is 4.98 Å². The van der Waals surface area contributed by atoms with Crippen LogP contribution in [-0.2, 0) is 0 Å². The molecule has 0 aliphatic carbocycles. The van der Waals surface area contributed by atoms with Gasteiger partial charge < -0.3 is 10.7 Å². The molecule has 0 radical (unpaired) electrons. The molecule has 2 aromatic rings. The van der Waals surface area contributed by atoms with Gasteiger partial charge in [-0.05, 0) is 30.0 Å². The molecular formula is C10H12N2. The maximum Gasteiger partial charge on any atom is 0.0457 e. The van der Waals surface area contributed by atoms with Gasteiger partial charge in [0.15, 0.2) is 0 Å². The van der Waals surface area contributed by atoms with Crippen molar-refractivity contribution in [2.75, 3.05) is 0 Å². The first kappa shape index (κ1) is 7.37. The number of nitrogens with two attached hydrogens (primary N) is 1. The molecule has 0 amide bonds. The topological polar surface area (TPSA) is 41.8 Å². The summed E-state index contributed by atoms with van der Waals surface area (Å²) in [5.41, 5.74) is 8.09. The maximum atomic E-state index is 5.76. The van der Waals surface area contributed by atoms with Gasteiger partial charge in [-0.25, -0.2) is 0 Å². The fourth-order valence-electron chi connectivity index (χ4n) is 1.35. The number of fused-ring (bicyclic) bond motifs is 1. The van der Waals surface area contributed by atoms with Crippen molar-refractivity contribution in [2.24, 2.45) is 5.73 Å². The summed E-state index contributed by atoms with van der Waals surface area (Å²) >= 11 is 0. The molecule has 12 heavy (non-hydrogen) atoms. The van der Waals surface area contributed by atoms with Gasteiger partial charge in [0, 0.05) is 17.8 Å². The number of benzene rings is 1. The summed E-state index contributed by atoms with van der Waals surface area (Å²) in [5, 5.41) is 1.24. The van der Waals surface area contributed by atoms with Gasteiger partial charge in [-0.1, -0.05) is 12.1 Å². The van der Waals surface area contributed by atoms with Crippen LogP contribution in [0.3, 0.4) is 0 Å². The third kappa shape index (κ3) is 1.10. The van der Waals surface area contributed by atoms with Crippen LogP contribution in [0.1, 0.15) is 18.5 Å². The highest BCUT2D eigenvalue weighted by molar-refractivity contribution is 5.79. The number of H-pyrrole nitrogens is 1. The molecule has 0 aliphatic heterocycles. The lowest BCUT2D eigenvalue weighted by Gasteiger charge is -2.04. The highest BCUT2D eigenvalue weighted by Crippen LogP contribution is 2.17. The Kier molecular flexibility index (Phi) is 1.62. The Morgan fingerprint density at radius 2 is 2.17 bits per heavy atom. The van der Waals surface area contributed by atoms with Crippen LogP contribution in [0.25, 0.3) is 10.9 Å². The Balaban J connectivity index is 2.60. The van der Waals surface area contributed by atoms with E-state index in [1.807, 2.05) is 13.1 Å². The quantitative estimate of drug-likeness (QED) is 0.659. The van der Waals surface area contributed by atoms with Gasteiger partial charge >= 0.3 is 0 Å². The van der Waals surface area contributed by atoms with E-state index < -0.39 is 0 Å². The van der Waals surface area contributed by atoms with Crippen LogP contribution in [0.5, 0.6) is 0 Å². The Labute approximate surface area is 71.4 Å². The number of aromatic amines is 1. The highest BCUT2D eigenvalue weighted by Gasteiger charge is 2.00. The summed E-state index contributed by atoms with van der Waals surface area (Å²) < 4.78 is 0. The molecule has 0 saturated heterocycles. The summed E-state index contributed by atoms with van der Waals surface area (Å²) in [5.74, 6) is 0. The van der Waals surface area contributed by atoms with E-state index in [9.17, 15) is 0 Å². The number of nitrogens with one attached hydrogen (secondary N) is 1. The predicted octanol–water partition coefficient (Wildman–Crippen LogP) is 2.19. The lowest BCUT2D eigenvalue weighted by Crippen LogP contribution is -2.04. The van der Waals surface area contributed by atoms with E-state index in [1.165, 1.54) is 10.9 Å². The average Bonchev–Trinajstić information content (AvgIpc) is 2.49. The van der Waals surface area contributed by atoms with E-state index >= 15 is 0 Å². The van der Waals surface area contributed by atoms with Crippen molar-refractivity contribution in [1.29, 1.82) is 0 Å². The van der Waals surface area contributed by atoms with E-state index in [2.05, 4.69) is 29.2 Å². The van der Waals surface area contributed by atoms with Crippen LogP contribution < -0.4 is 5.73 Å². The normalized spacial score (nSPS) is 13.5. The van der Waals surface area contributed by atoms with Crippen LogP contribution in [-0.4, -0.2) is 4.98 Å². The molecule has 62 valence electrons. The first-order valence-electron chi connectivity index (χ1n) is 4.10. The maximum absolute atomic E-state index is 5.76. The Morgan fingerprint density at radius 3 is 2.92 bits per heavy atom. The largest absolute Gasteiger partial charge is 0.361 e. The Morgan fingerprint density at radius 1 is 1.33 bits per heavy atom. The van der Waals surface area contributed by atoms with Gasteiger partial charge in [0.25, 0.3) is 0 Å². The van der Waals surface area contributed by atoms with E-state index in [0.717, 1.165) is 5.52 Å². The van der Waals surface area contributed by atoms with E-state index in [0.29, 0.717) is 0 Å². The molecule has 1 aromatic heterocycles. The summed E-state index contributed by atoms with van der Waals surface area (Å²) in [6.45, 7) is 1.99. The Bertz CT molecular complexity index is 387. The van der Waals surface area contributed by atoms with Gasteiger partial charge in [-0.15, -0.1) is 0 Å². The minimum Gasteiger partial charge on any atom is -0.361 e. The molecule has 0 fully saturated rings. The number of hydrogen-bond donors (Lipinski definition) is 2. The molecule has 1 aromatic carbocycles. The second kappa shape index (κ2) is 2.64. The lowest BCUT2D eigenvalue weighted by atomic mass is 10.1. The third-order valence-corrected chi connectivity index (χ3v) is 2.10. The summed E-state index contributed by atoms with van der Waals surface area (Å²) in [7, 11) is 0. The minimum absolute atomic E-state index is 0.109. The lowest BCUT2D eigenvalue weighted by molar-refractivity contribution is 0.820. The zero-order valence-electron chi connectivity index (χ0n) is 7.04. The van der Waals surface area contributed by atoms with Gasteiger partial charge in [0.2, 0.25) is 0 Å². The monoisotopic (exact) mass is 160 g/mol. The Hall–Kier alpha value is -1.28. The first-order valence-corrected chi connectivity index (χ1v) is 4.10. The van der Waals surface area contributed by atoms with Crippen molar-refractivity contribution in [3.8, 4) is 0 Å². The smallest absolute Gasteiger partial charge is 0.0457 e. The van der Waals surface area contributed by atoms with Crippen LogP contribution in [0.4, 0.5) is 0 Å². The van der Waals surface area contributed by atoms with Crippen LogP contribution in [0.2, 0.25) is 0 Å². The minimum atomic E-state index is 0.109. The molecule has 0 unspecified atom stereocenters. The first-order chi connectivity index (χ1) is 5.77. The van der Waals surface area contributed by atoms with Crippen molar-refractivity contribution >= 4 is 10.9 Å². The predicted molar refractivity (Wildman–Crippen MR) is 50.9 cm³/mol. The second-order valence-corrected chi connectivity index (χ2v) is 3.11. The van der Waals surface area contributed by atoms with Gasteiger partial charge in [0.1, 0.15) is 0 Å². The van der Waals surface area contributed by atoms with E-state index in [-0.39, 0.29) is 6.04 Å². The van der Waals surface area contributed by atoms with Crippen LogP contribution in [0, 0.1) is 0 Å². The molecule has 0 saturated carbocycles. The molecule has 2 rings (SSSR count). The molecule has 0 spiro atoms. The molecule has 0 aliphatic rings. The van der Waals surface area contributed by atoms with Crippen molar-refractivity contribution in [2.45, 2.75) is 13.0 Å². The number of rotatable bonds is 1. The molecular weight excluding hydrogens is 148 g/mol. The third-order valence-electron chi connectivity index (χ3n) is 2.10. The second-order valence-electron chi connectivity index (χ2n) is 3.11. The van der Waals surface area contributed by atoms with Gasteiger partial charge in [-0.3, -0.25) is 0 Å². The highest BCUT2D eigenvalue weighted by atomic mass is 14.7. The molecule has 2 heteroatoms. The molecule has 2 nitrogen and oxygen atoms in total. The molecule has 1 heterocycles. The standard InChI is InChI=1S/C10H12N2/c1-7(11)9-3-2-8-4-5-12-10(8)6-9/h2-7,12H,11H2,1H3/t7-/m0/s1. The SMILES string of the molecule is C[C@H](N)c1ccc2cc[nH]c2c1. The fraction of sp³-hybridized carbons (Fsp3) is 0.200. The average molecular weight is 160 g/mol. The summed E-state index contributed by atoms with van der Waals surface area (Å²) in [6.07, 6.45) is 1.94. The van der Waals surface area contributed by atoms with Crippen LogP contribution >= 0.6 is 0 Å². The van der Waals surface area contributed by atoms with Crippen molar-refractivity contribution in [3.05, 3.63) is 36.0 Å². The zero-order valence-corrected chi connectivity index (χ0v) is 7.04. The summed E-state index contributed by atoms with van der Waals surface area (Å²) in [6, 6.07) is 8.42. The molecule has 0 bridgehead atoms. The van der Waals surface area contributed by atoms with Gasteiger partial charge in [-0.2, -0.15) is 0 Å². The van der Waals surface area contributed by atoms with Crippen molar-refractivity contribution < 1.29 is 0 Å². The summed E-state index contributed by atoms with van der Waals surface area (Å²) in [4.78, 5) is 3.16. The molecule has 1 atom stereocenters. The van der Waals surface area contributed by atoms with E-state index in [1.54, 1.807) is 0 Å². The number of aromatic nitrogens is 1. The van der Waals surface area contributed by atoms with E-state index in [4.69, 9.17) is 5.73 Å². The zero-order chi connectivity index (χ0) is 8.55. The molecule has 3 N–H and O–H groups in total. The fourth-order valence-corrected chi connectivity index (χ4v) is 1.35. The number of hydrogen-bond acceptors (Lipinski definition) is 1. The van der Waals surface area contributed by atoms with Crippen LogP contribution in [0.15, 0.2) is 30.5 Å². The van der Waals surface area contributed by atoms with Gasteiger partial charge in [0.05, 0.1) is 0 Å².